The van der Waals surface area contributed by atoms with Gasteiger partial charge in [0, 0.05) is 0 Å². The molecule has 1 amide bonds. The molecule has 1 aromatic heterocycles. The Morgan fingerprint density at radius 3 is 2.82 bits per heavy atom. The number of halogens is 2. The van der Waals surface area contributed by atoms with Crippen molar-refractivity contribution in [2.24, 2.45) is 0 Å². The van der Waals surface area contributed by atoms with E-state index in [2.05, 4.69) is 10.3 Å². The van der Waals surface area contributed by atoms with Gasteiger partial charge >= 0.3 is 0 Å². The van der Waals surface area contributed by atoms with Gasteiger partial charge in [-0.1, -0.05) is 35.1 Å². The molecule has 22 heavy (non-hydrogen) atoms. The van der Waals surface area contributed by atoms with Gasteiger partial charge in [-0.05, 0) is 24.3 Å². The predicted octanol–water partition coefficient (Wildman–Crippen LogP) is 4.35. The van der Waals surface area contributed by atoms with Crippen LogP contribution >= 0.6 is 22.9 Å². The van der Waals surface area contributed by atoms with Gasteiger partial charge in [0.1, 0.15) is 17.1 Å². The van der Waals surface area contributed by atoms with E-state index < -0.39 is 11.7 Å². The quantitative estimate of drug-likeness (QED) is 0.773. The van der Waals surface area contributed by atoms with E-state index in [1.165, 1.54) is 29.5 Å². The van der Waals surface area contributed by atoms with Crippen molar-refractivity contribution < 1.29 is 13.9 Å². The van der Waals surface area contributed by atoms with Gasteiger partial charge in [0.2, 0.25) is 0 Å². The Morgan fingerprint density at radius 1 is 1.32 bits per heavy atom. The molecule has 0 atom stereocenters. The zero-order chi connectivity index (χ0) is 15.7. The SMILES string of the molecule is COc1cccc2sc(NC(=O)c3c(F)cccc3Cl)nc12. The number of hydrogen-bond donors (Lipinski definition) is 1. The Balaban J connectivity index is 1.95. The van der Waals surface area contributed by atoms with E-state index in [1.54, 1.807) is 13.2 Å². The van der Waals surface area contributed by atoms with Crippen molar-refractivity contribution in [1.82, 2.24) is 4.98 Å². The number of ether oxygens (including phenoxy) is 1. The fourth-order valence-electron chi connectivity index (χ4n) is 2.02. The fourth-order valence-corrected chi connectivity index (χ4v) is 3.14. The standard InChI is InChI=1S/C15H10ClFN2O2S/c1-21-10-6-3-7-11-13(10)18-15(22-11)19-14(20)12-8(16)4-2-5-9(12)17/h2-7H,1H3,(H,18,19,20). The molecule has 0 unspecified atom stereocenters. The second kappa shape index (κ2) is 5.90. The maximum Gasteiger partial charge on any atom is 0.261 e. The van der Waals surface area contributed by atoms with E-state index in [9.17, 15) is 9.18 Å². The molecule has 0 aliphatic carbocycles. The van der Waals surface area contributed by atoms with Crippen LogP contribution in [-0.2, 0) is 0 Å². The summed E-state index contributed by atoms with van der Waals surface area (Å²) in [5, 5.41) is 2.97. The number of hydrogen-bond acceptors (Lipinski definition) is 4. The van der Waals surface area contributed by atoms with E-state index in [0.717, 1.165) is 4.70 Å². The third-order valence-electron chi connectivity index (χ3n) is 3.01. The molecule has 1 N–H and O–H groups in total. The van der Waals surface area contributed by atoms with Crippen molar-refractivity contribution in [2.75, 3.05) is 12.4 Å². The third kappa shape index (κ3) is 2.63. The van der Waals surface area contributed by atoms with Crippen molar-refractivity contribution in [3.63, 3.8) is 0 Å². The van der Waals surface area contributed by atoms with Gasteiger partial charge < -0.3 is 4.74 Å². The van der Waals surface area contributed by atoms with E-state index in [1.807, 2.05) is 12.1 Å². The van der Waals surface area contributed by atoms with Crippen LogP contribution in [0.15, 0.2) is 36.4 Å². The molecule has 7 heteroatoms. The summed E-state index contributed by atoms with van der Waals surface area (Å²) in [6.45, 7) is 0. The first-order valence-corrected chi connectivity index (χ1v) is 7.48. The first kappa shape index (κ1) is 14.7. The molecule has 0 saturated carbocycles. The lowest BCUT2D eigenvalue weighted by molar-refractivity contribution is 0.102. The monoisotopic (exact) mass is 336 g/mol. The van der Waals surface area contributed by atoms with E-state index in [0.29, 0.717) is 16.4 Å². The summed E-state index contributed by atoms with van der Waals surface area (Å²) < 4.78 is 19.8. The Kier molecular flexibility index (Phi) is 3.96. The molecule has 0 bridgehead atoms. The lowest BCUT2D eigenvalue weighted by Gasteiger charge is -2.04. The molecule has 0 aliphatic heterocycles. The van der Waals surface area contributed by atoms with Crippen molar-refractivity contribution >= 4 is 44.2 Å². The minimum Gasteiger partial charge on any atom is -0.494 e. The van der Waals surface area contributed by atoms with Gasteiger partial charge in [0.05, 0.1) is 22.4 Å². The third-order valence-corrected chi connectivity index (χ3v) is 4.26. The Labute approximate surface area is 134 Å². The first-order chi connectivity index (χ1) is 10.6. The number of rotatable bonds is 3. The number of fused-ring (bicyclic) bond motifs is 1. The second-order valence-corrected chi connectivity index (χ2v) is 5.81. The van der Waals surface area contributed by atoms with Gasteiger partial charge in [0.15, 0.2) is 5.13 Å². The molecule has 0 spiro atoms. The van der Waals surface area contributed by atoms with E-state index >= 15 is 0 Å². The highest BCUT2D eigenvalue weighted by Crippen LogP contribution is 2.32. The molecule has 0 radical (unpaired) electrons. The highest BCUT2D eigenvalue weighted by Gasteiger charge is 2.18. The number of nitrogens with zero attached hydrogens (tertiary/aromatic N) is 1. The average Bonchev–Trinajstić information content (AvgIpc) is 2.89. The van der Waals surface area contributed by atoms with Gasteiger partial charge in [0.25, 0.3) is 5.91 Å². The molecule has 112 valence electrons. The van der Waals surface area contributed by atoms with Crippen LogP contribution in [0.3, 0.4) is 0 Å². The number of benzene rings is 2. The van der Waals surface area contributed by atoms with E-state index in [-0.39, 0.29) is 10.6 Å². The maximum atomic E-state index is 13.7. The number of methoxy groups -OCH3 is 1. The predicted molar refractivity (Wildman–Crippen MR) is 85.5 cm³/mol. The molecule has 3 aromatic rings. The summed E-state index contributed by atoms with van der Waals surface area (Å²) in [6, 6.07) is 9.56. The van der Waals surface area contributed by atoms with Crippen LogP contribution in [0.25, 0.3) is 10.2 Å². The molecule has 1 heterocycles. The van der Waals surface area contributed by atoms with Crippen LogP contribution in [-0.4, -0.2) is 18.0 Å². The number of para-hydroxylation sites is 1. The lowest BCUT2D eigenvalue weighted by Crippen LogP contribution is -2.14. The van der Waals surface area contributed by atoms with E-state index in [4.69, 9.17) is 16.3 Å². The normalized spacial score (nSPS) is 10.7. The summed E-state index contributed by atoms with van der Waals surface area (Å²) in [5.74, 6) is -0.706. The molecule has 0 saturated heterocycles. The van der Waals surface area contributed by atoms with Crippen LogP contribution in [0.1, 0.15) is 10.4 Å². The van der Waals surface area contributed by atoms with Crippen molar-refractivity contribution in [3.05, 3.63) is 52.8 Å². The van der Waals surface area contributed by atoms with Gasteiger partial charge in [-0.25, -0.2) is 9.37 Å². The summed E-state index contributed by atoms with van der Waals surface area (Å²) >= 11 is 7.15. The highest BCUT2D eigenvalue weighted by molar-refractivity contribution is 7.22. The first-order valence-electron chi connectivity index (χ1n) is 6.29. The minimum absolute atomic E-state index is 0.0520. The van der Waals surface area contributed by atoms with Crippen LogP contribution in [0.2, 0.25) is 5.02 Å². The van der Waals surface area contributed by atoms with Crippen molar-refractivity contribution in [1.29, 1.82) is 0 Å². The smallest absolute Gasteiger partial charge is 0.261 e. The molecule has 2 aromatic carbocycles. The fraction of sp³-hybridized carbons (Fsp3) is 0.0667. The molecular formula is C15H10ClFN2O2S. The van der Waals surface area contributed by atoms with Crippen LogP contribution in [0.5, 0.6) is 5.75 Å². The Hall–Kier alpha value is -2.18. The topological polar surface area (TPSA) is 51.2 Å². The Bertz CT molecular complexity index is 846. The number of aromatic nitrogens is 1. The molecule has 0 aliphatic rings. The van der Waals surface area contributed by atoms with Gasteiger partial charge in [-0.15, -0.1) is 0 Å². The lowest BCUT2D eigenvalue weighted by atomic mass is 10.2. The molecule has 0 fully saturated rings. The maximum absolute atomic E-state index is 13.7. The number of thiazole rings is 1. The van der Waals surface area contributed by atoms with Gasteiger partial charge in [-0.3, -0.25) is 10.1 Å². The van der Waals surface area contributed by atoms with Crippen LogP contribution < -0.4 is 10.1 Å². The van der Waals surface area contributed by atoms with Gasteiger partial charge in [-0.2, -0.15) is 0 Å². The number of anilines is 1. The second-order valence-electron chi connectivity index (χ2n) is 4.38. The highest BCUT2D eigenvalue weighted by atomic mass is 35.5. The number of nitrogens with one attached hydrogen (secondary N) is 1. The summed E-state index contributed by atoms with van der Waals surface area (Å²) in [7, 11) is 1.55. The number of carbonyl (C=O) groups is 1. The summed E-state index contributed by atoms with van der Waals surface area (Å²) in [5.41, 5.74) is 0.445. The van der Waals surface area contributed by atoms with Crippen molar-refractivity contribution in [3.8, 4) is 5.75 Å². The van der Waals surface area contributed by atoms with Crippen molar-refractivity contribution in [2.45, 2.75) is 0 Å². The zero-order valence-corrected chi connectivity index (χ0v) is 13.0. The molecular weight excluding hydrogens is 327 g/mol. The molecule has 3 rings (SSSR count). The largest absolute Gasteiger partial charge is 0.494 e. The molecule has 4 nitrogen and oxygen atoms in total. The van der Waals surface area contributed by atoms with Crippen LogP contribution in [0, 0.1) is 5.82 Å². The minimum atomic E-state index is -0.677. The summed E-state index contributed by atoms with van der Waals surface area (Å²) in [4.78, 5) is 16.5. The average molecular weight is 337 g/mol. The summed E-state index contributed by atoms with van der Waals surface area (Å²) in [6.07, 6.45) is 0. The zero-order valence-electron chi connectivity index (χ0n) is 11.4. The number of carbonyl (C=O) groups excluding carboxylic acids is 1. The van der Waals surface area contributed by atoms with Crippen LogP contribution in [0.4, 0.5) is 9.52 Å². The number of amides is 1. The Morgan fingerprint density at radius 2 is 2.09 bits per heavy atom.